The summed E-state index contributed by atoms with van der Waals surface area (Å²) >= 11 is 6.12. The Morgan fingerprint density at radius 3 is 2.48 bits per heavy atom. The normalized spacial score (nSPS) is 11.7. The highest BCUT2D eigenvalue weighted by Gasteiger charge is 2.19. The van der Waals surface area contributed by atoms with Crippen LogP contribution in [0.25, 0.3) is 0 Å². The number of anilines is 1. The molecule has 0 saturated heterocycles. The summed E-state index contributed by atoms with van der Waals surface area (Å²) in [7, 11) is 1.39. The van der Waals surface area contributed by atoms with Crippen LogP contribution in [0, 0.1) is 0 Å². The van der Waals surface area contributed by atoms with Gasteiger partial charge in [0, 0.05) is 0 Å². The van der Waals surface area contributed by atoms with Crippen LogP contribution in [0.3, 0.4) is 0 Å². The molecule has 4 heteroatoms. The van der Waals surface area contributed by atoms with Gasteiger partial charge in [-0.3, -0.25) is 0 Å². The van der Waals surface area contributed by atoms with Gasteiger partial charge in [-0.2, -0.15) is 0 Å². The molecule has 0 fully saturated rings. The number of para-hydroxylation sites is 1. The molecule has 1 unspecified atom stereocenters. The van der Waals surface area contributed by atoms with Crippen molar-refractivity contribution < 1.29 is 9.53 Å². The smallest absolute Gasteiger partial charge is 0.328 e. The summed E-state index contributed by atoms with van der Waals surface area (Å²) < 4.78 is 4.87. The predicted molar refractivity (Wildman–Crippen MR) is 85.6 cm³/mol. The van der Waals surface area contributed by atoms with Gasteiger partial charge in [0.25, 0.3) is 0 Å². The number of nitrogens with one attached hydrogen (secondary N) is 1. The Kier molecular flexibility index (Phi) is 5.64. The van der Waals surface area contributed by atoms with Gasteiger partial charge >= 0.3 is 5.97 Å². The van der Waals surface area contributed by atoms with Crippen molar-refractivity contribution in [1.82, 2.24) is 0 Å². The highest BCUT2D eigenvalue weighted by Crippen LogP contribution is 2.22. The molecule has 1 N–H and O–H groups in total. The lowest BCUT2D eigenvalue weighted by molar-refractivity contribution is -0.141. The van der Waals surface area contributed by atoms with E-state index < -0.39 is 6.04 Å². The van der Waals surface area contributed by atoms with E-state index in [0.29, 0.717) is 11.4 Å². The maximum atomic E-state index is 11.9. The zero-order valence-electron chi connectivity index (χ0n) is 11.9. The number of carbonyl (C=O) groups excluding carboxylic acids is 1. The number of carbonyl (C=O) groups is 1. The van der Waals surface area contributed by atoms with Crippen LogP contribution in [0.4, 0.5) is 5.69 Å². The van der Waals surface area contributed by atoms with Gasteiger partial charge in [0.1, 0.15) is 6.04 Å². The van der Waals surface area contributed by atoms with Crippen LogP contribution >= 0.6 is 11.6 Å². The summed E-state index contributed by atoms with van der Waals surface area (Å²) in [5, 5.41) is 3.75. The molecule has 0 saturated carbocycles. The first kappa shape index (κ1) is 15.4. The molecular formula is C17H18ClNO2. The lowest BCUT2D eigenvalue weighted by atomic mass is 10.0. The van der Waals surface area contributed by atoms with Gasteiger partial charge < -0.3 is 10.1 Å². The van der Waals surface area contributed by atoms with Crippen LogP contribution in [-0.2, 0) is 16.0 Å². The maximum Gasteiger partial charge on any atom is 0.328 e. The third-order valence-corrected chi connectivity index (χ3v) is 3.58. The molecule has 0 aliphatic heterocycles. The standard InChI is InChI=1S/C17H18ClNO2/c1-21-17(20)16(12-11-13-7-3-2-4-8-13)19-15-10-6-5-9-14(15)18/h2-10,16,19H,11-12H2,1H3. The molecule has 0 aliphatic rings. The van der Waals surface area contributed by atoms with Gasteiger partial charge in [-0.05, 0) is 30.5 Å². The fourth-order valence-corrected chi connectivity index (χ4v) is 2.30. The summed E-state index contributed by atoms with van der Waals surface area (Å²) in [6.45, 7) is 0. The average molecular weight is 304 g/mol. The molecule has 0 aliphatic carbocycles. The number of aryl methyl sites for hydroxylation is 1. The summed E-state index contributed by atoms with van der Waals surface area (Å²) in [4.78, 5) is 11.9. The van der Waals surface area contributed by atoms with E-state index in [4.69, 9.17) is 16.3 Å². The molecule has 0 bridgehead atoms. The van der Waals surface area contributed by atoms with E-state index in [2.05, 4.69) is 5.32 Å². The largest absolute Gasteiger partial charge is 0.467 e. The molecule has 0 heterocycles. The number of methoxy groups -OCH3 is 1. The fourth-order valence-electron chi connectivity index (χ4n) is 2.11. The second-order valence-corrected chi connectivity index (χ2v) is 5.13. The monoisotopic (exact) mass is 303 g/mol. The minimum absolute atomic E-state index is 0.286. The second kappa shape index (κ2) is 7.70. The van der Waals surface area contributed by atoms with E-state index in [1.807, 2.05) is 48.5 Å². The van der Waals surface area contributed by atoms with Gasteiger partial charge in [0.05, 0.1) is 17.8 Å². The van der Waals surface area contributed by atoms with E-state index >= 15 is 0 Å². The highest BCUT2D eigenvalue weighted by molar-refractivity contribution is 6.33. The Hall–Kier alpha value is -2.00. The van der Waals surface area contributed by atoms with Crippen LogP contribution in [0.1, 0.15) is 12.0 Å². The van der Waals surface area contributed by atoms with Crippen LogP contribution in [0.2, 0.25) is 5.02 Å². The Labute approximate surface area is 129 Å². The highest BCUT2D eigenvalue weighted by atomic mass is 35.5. The SMILES string of the molecule is COC(=O)C(CCc1ccccc1)Nc1ccccc1Cl. The third-order valence-electron chi connectivity index (χ3n) is 3.25. The Bertz CT molecular complexity index is 586. The number of hydrogen-bond donors (Lipinski definition) is 1. The van der Waals surface area contributed by atoms with Gasteiger partial charge in [-0.15, -0.1) is 0 Å². The zero-order chi connectivity index (χ0) is 15.1. The first-order chi connectivity index (χ1) is 10.2. The van der Waals surface area contributed by atoms with E-state index in [1.165, 1.54) is 12.7 Å². The maximum absolute atomic E-state index is 11.9. The number of halogens is 1. The van der Waals surface area contributed by atoms with Gasteiger partial charge in [0.15, 0.2) is 0 Å². The van der Waals surface area contributed by atoms with Crippen molar-refractivity contribution in [3.8, 4) is 0 Å². The Morgan fingerprint density at radius 2 is 1.81 bits per heavy atom. The molecule has 3 nitrogen and oxygen atoms in total. The molecule has 110 valence electrons. The molecule has 0 spiro atoms. The zero-order valence-corrected chi connectivity index (χ0v) is 12.6. The molecule has 0 radical (unpaired) electrons. The van der Waals surface area contributed by atoms with Crippen molar-refractivity contribution in [2.75, 3.05) is 12.4 Å². The van der Waals surface area contributed by atoms with E-state index in [1.54, 1.807) is 6.07 Å². The summed E-state index contributed by atoms with van der Waals surface area (Å²) in [5.74, 6) is -0.286. The van der Waals surface area contributed by atoms with Crippen LogP contribution in [0.15, 0.2) is 54.6 Å². The lowest BCUT2D eigenvalue weighted by Crippen LogP contribution is -2.31. The van der Waals surface area contributed by atoms with E-state index in [9.17, 15) is 4.79 Å². The van der Waals surface area contributed by atoms with Crippen molar-refractivity contribution >= 4 is 23.3 Å². The quantitative estimate of drug-likeness (QED) is 0.822. The summed E-state index contributed by atoms with van der Waals surface area (Å²) in [6.07, 6.45) is 1.43. The third kappa shape index (κ3) is 4.50. The van der Waals surface area contributed by atoms with Crippen LogP contribution in [0.5, 0.6) is 0 Å². The van der Waals surface area contributed by atoms with Gasteiger partial charge in [-0.25, -0.2) is 4.79 Å². The predicted octanol–water partition coefficient (Wildman–Crippen LogP) is 3.93. The first-order valence-electron chi connectivity index (χ1n) is 6.83. The number of hydrogen-bond acceptors (Lipinski definition) is 3. The topological polar surface area (TPSA) is 38.3 Å². The fraction of sp³-hybridized carbons (Fsp3) is 0.235. The van der Waals surface area contributed by atoms with Crippen molar-refractivity contribution in [3.63, 3.8) is 0 Å². The Balaban J connectivity index is 2.05. The molecule has 1 atom stereocenters. The molecule has 0 amide bonds. The van der Waals surface area contributed by atoms with Crippen molar-refractivity contribution in [2.45, 2.75) is 18.9 Å². The minimum atomic E-state index is -0.421. The molecule has 2 aromatic rings. The Morgan fingerprint density at radius 1 is 1.14 bits per heavy atom. The number of ether oxygens (including phenoxy) is 1. The lowest BCUT2D eigenvalue weighted by Gasteiger charge is -2.18. The van der Waals surface area contributed by atoms with Crippen molar-refractivity contribution in [1.29, 1.82) is 0 Å². The summed E-state index contributed by atoms with van der Waals surface area (Å²) in [6, 6.07) is 17.0. The molecule has 2 rings (SSSR count). The average Bonchev–Trinajstić information content (AvgIpc) is 2.53. The van der Waals surface area contributed by atoms with Crippen LogP contribution < -0.4 is 5.32 Å². The minimum Gasteiger partial charge on any atom is -0.467 e. The van der Waals surface area contributed by atoms with Gasteiger partial charge in [-0.1, -0.05) is 54.1 Å². The molecule has 0 aromatic heterocycles. The first-order valence-corrected chi connectivity index (χ1v) is 7.21. The van der Waals surface area contributed by atoms with Crippen molar-refractivity contribution in [2.24, 2.45) is 0 Å². The molecule has 2 aromatic carbocycles. The number of benzene rings is 2. The number of esters is 1. The van der Waals surface area contributed by atoms with Crippen molar-refractivity contribution in [3.05, 3.63) is 65.2 Å². The second-order valence-electron chi connectivity index (χ2n) is 4.72. The van der Waals surface area contributed by atoms with E-state index in [0.717, 1.165) is 12.1 Å². The van der Waals surface area contributed by atoms with E-state index in [-0.39, 0.29) is 5.97 Å². The number of rotatable bonds is 6. The molecule has 21 heavy (non-hydrogen) atoms. The van der Waals surface area contributed by atoms with Gasteiger partial charge in [0.2, 0.25) is 0 Å². The summed E-state index contributed by atoms with van der Waals surface area (Å²) in [5.41, 5.74) is 1.93. The van der Waals surface area contributed by atoms with Crippen LogP contribution in [-0.4, -0.2) is 19.1 Å². The molecular weight excluding hydrogens is 286 g/mol.